The minimum Gasteiger partial charge on any atom is -0.389 e. The molecular formula is C11H17N3O2. The zero-order valence-electron chi connectivity index (χ0n) is 9.77. The number of nitrogens with two attached hydrogens (primary N) is 1. The summed E-state index contributed by atoms with van der Waals surface area (Å²) in [6.07, 6.45) is 1.43. The van der Waals surface area contributed by atoms with E-state index in [9.17, 15) is 9.90 Å². The standard InChI is InChI=1S/C11H17N3O2/c1-11(2,16)7-14(3)10(15)8-4-5-9(12)13-6-8/h4-6,16H,7H2,1-3H3,(H2,12,13). The van der Waals surface area contributed by atoms with Gasteiger partial charge in [0.15, 0.2) is 0 Å². The molecule has 88 valence electrons. The van der Waals surface area contributed by atoms with Crippen LogP contribution in [0.15, 0.2) is 18.3 Å². The first-order valence-electron chi connectivity index (χ1n) is 4.99. The Hall–Kier alpha value is -1.62. The first kappa shape index (κ1) is 12.4. The van der Waals surface area contributed by atoms with E-state index in [1.807, 2.05) is 0 Å². The monoisotopic (exact) mass is 223 g/mol. The van der Waals surface area contributed by atoms with Gasteiger partial charge in [-0.3, -0.25) is 4.79 Å². The van der Waals surface area contributed by atoms with Crippen LogP contribution >= 0.6 is 0 Å². The van der Waals surface area contributed by atoms with Crippen molar-refractivity contribution in [2.75, 3.05) is 19.3 Å². The predicted molar refractivity (Wildman–Crippen MR) is 61.9 cm³/mol. The van der Waals surface area contributed by atoms with Gasteiger partial charge in [-0.05, 0) is 26.0 Å². The van der Waals surface area contributed by atoms with Gasteiger partial charge in [0, 0.05) is 19.8 Å². The largest absolute Gasteiger partial charge is 0.389 e. The molecule has 0 saturated carbocycles. The quantitative estimate of drug-likeness (QED) is 0.782. The maximum absolute atomic E-state index is 11.9. The summed E-state index contributed by atoms with van der Waals surface area (Å²) in [7, 11) is 1.64. The maximum atomic E-state index is 11.9. The number of anilines is 1. The molecule has 0 aliphatic heterocycles. The topological polar surface area (TPSA) is 79.5 Å². The summed E-state index contributed by atoms with van der Waals surface area (Å²) >= 11 is 0. The summed E-state index contributed by atoms with van der Waals surface area (Å²) in [6.45, 7) is 3.56. The van der Waals surface area contributed by atoms with E-state index >= 15 is 0 Å². The molecule has 3 N–H and O–H groups in total. The van der Waals surface area contributed by atoms with Crippen LogP contribution in [0.4, 0.5) is 5.82 Å². The molecule has 0 aromatic carbocycles. The van der Waals surface area contributed by atoms with Crippen molar-refractivity contribution in [2.24, 2.45) is 0 Å². The van der Waals surface area contributed by atoms with Gasteiger partial charge in [-0.15, -0.1) is 0 Å². The van der Waals surface area contributed by atoms with Gasteiger partial charge < -0.3 is 15.7 Å². The van der Waals surface area contributed by atoms with Crippen molar-refractivity contribution in [1.29, 1.82) is 0 Å². The number of carbonyl (C=O) groups is 1. The fourth-order valence-corrected chi connectivity index (χ4v) is 1.40. The molecule has 0 fully saturated rings. The third kappa shape index (κ3) is 3.51. The van der Waals surface area contributed by atoms with Crippen molar-refractivity contribution in [3.63, 3.8) is 0 Å². The molecule has 5 heteroatoms. The number of hydrogen-bond donors (Lipinski definition) is 2. The average molecular weight is 223 g/mol. The molecule has 1 aromatic rings. The zero-order valence-corrected chi connectivity index (χ0v) is 9.77. The number of aliphatic hydroxyl groups is 1. The SMILES string of the molecule is CN(CC(C)(C)O)C(=O)c1ccc(N)nc1. The Morgan fingerprint density at radius 2 is 2.19 bits per heavy atom. The zero-order chi connectivity index (χ0) is 12.3. The van der Waals surface area contributed by atoms with E-state index < -0.39 is 5.60 Å². The van der Waals surface area contributed by atoms with Crippen molar-refractivity contribution in [2.45, 2.75) is 19.4 Å². The van der Waals surface area contributed by atoms with Crippen LogP contribution in [0.2, 0.25) is 0 Å². The van der Waals surface area contributed by atoms with Gasteiger partial charge in [-0.2, -0.15) is 0 Å². The minimum atomic E-state index is -0.911. The normalized spacial score (nSPS) is 11.2. The number of nitrogen functional groups attached to an aromatic ring is 1. The van der Waals surface area contributed by atoms with Gasteiger partial charge in [0.25, 0.3) is 5.91 Å². The molecule has 16 heavy (non-hydrogen) atoms. The Bertz CT molecular complexity index is 368. The highest BCUT2D eigenvalue weighted by molar-refractivity contribution is 5.93. The molecule has 0 saturated heterocycles. The second-order valence-electron chi connectivity index (χ2n) is 4.45. The van der Waals surface area contributed by atoms with E-state index in [4.69, 9.17) is 5.73 Å². The van der Waals surface area contributed by atoms with Crippen LogP contribution in [-0.2, 0) is 0 Å². The second kappa shape index (κ2) is 4.49. The highest BCUT2D eigenvalue weighted by Crippen LogP contribution is 2.08. The molecule has 1 heterocycles. The fraction of sp³-hybridized carbons (Fsp3) is 0.455. The summed E-state index contributed by atoms with van der Waals surface area (Å²) in [6, 6.07) is 3.19. The Labute approximate surface area is 94.9 Å². The van der Waals surface area contributed by atoms with Crippen molar-refractivity contribution in [3.05, 3.63) is 23.9 Å². The second-order valence-corrected chi connectivity index (χ2v) is 4.45. The van der Waals surface area contributed by atoms with Gasteiger partial charge in [-0.1, -0.05) is 0 Å². The Morgan fingerprint density at radius 1 is 1.56 bits per heavy atom. The van der Waals surface area contributed by atoms with Crippen LogP contribution in [-0.4, -0.2) is 40.1 Å². The van der Waals surface area contributed by atoms with E-state index in [2.05, 4.69) is 4.98 Å². The van der Waals surface area contributed by atoms with E-state index in [0.717, 1.165) is 0 Å². The number of pyridine rings is 1. The summed E-state index contributed by atoms with van der Waals surface area (Å²) in [5, 5.41) is 9.60. The third-order valence-corrected chi connectivity index (χ3v) is 2.00. The molecule has 0 spiro atoms. The number of rotatable bonds is 3. The number of nitrogens with zero attached hydrogens (tertiary/aromatic N) is 2. The van der Waals surface area contributed by atoms with Crippen LogP contribution in [0.5, 0.6) is 0 Å². The first-order valence-corrected chi connectivity index (χ1v) is 4.99. The van der Waals surface area contributed by atoms with Crippen LogP contribution < -0.4 is 5.73 Å². The fourth-order valence-electron chi connectivity index (χ4n) is 1.40. The van der Waals surface area contributed by atoms with Crippen LogP contribution in [0, 0.1) is 0 Å². The van der Waals surface area contributed by atoms with E-state index in [-0.39, 0.29) is 12.5 Å². The Morgan fingerprint density at radius 3 is 2.62 bits per heavy atom. The van der Waals surface area contributed by atoms with E-state index in [0.29, 0.717) is 11.4 Å². The highest BCUT2D eigenvalue weighted by atomic mass is 16.3. The predicted octanol–water partition coefficient (Wildman–Crippen LogP) is 0.507. The minimum absolute atomic E-state index is 0.186. The summed E-state index contributed by atoms with van der Waals surface area (Å²) in [5.41, 5.74) is 4.98. The lowest BCUT2D eigenvalue weighted by Gasteiger charge is -2.25. The molecule has 0 aliphatic rings. The lowest BCUT2D eigenvalue weighted by molar-refractivity contribution is 0.0367. The van der Waals surface area contributed by atoms with Crippen molar-refractivity contribution in [1.82, 2.24) is 9.88 Å². The Kier molecular flexibility index (Phi) is 3.49. The number of likely N-dealkylation sites (N-methyl/N-ethyl adjacent to an activating group) is 1. The molecule has 1 rings (SSSR count). The number of amides is 1. The first-order chi connectivity index (χ1) is 7.29. The molecule has 0 aliphatic carbocycles. The third-order valence-electron chi connectivity index (χ3n) is 2.00. The van der Waals surface area contributed by atoms with Crippen molar-refractivity contribution in [3.8, 4) is 0 Å². The van der Waals surface area contributed by atoms with Crippen LogP contribution in [0.25, 0.3) is 0 Å². The van der Waals surface area contributed by atoms with Gasteiger partial charge in [-0.25, -0.2) is 4.98 Å². The lowest BCUT2D eigenvalue weighted by Crippen LogP contribution is -2.39. The Balaban J connectivity index is 2.74. The van der Waals surface area contributed by atoms with Crippen LogP contribution in [0.3, 0.4) is 0 Å². The molecular weight excluding hydrogens is 206 g/mol. The molecule has 0 bridgehead atoms. The summed E-state index contributed by atoms with van der Waals surface area (Å²) in [5.74, 6) is 0.191. The highest BCUT2D eigenvalue weighted by Gasteiger charge is 2.20. The maximum Gasteiger partial charge on any atom is 0.255 e. The lowest BCUT2D eigenvalue weighted by atomic mass is 10.1. The van der Waals surface area contributed by atoms with E-state index in [1.54, 1.807) is 33.0 Å². The van der Waals surface area contributed by atoms with Gasteiger partial charge in [0.2, 0.25) is 0 Å². The molecule has 5 nitrogen and oxygen atoms in total. The van der Waals surface area contributed by atoms with Gasteiger partial charge in [0.05, 0.1) is 11.2 Å². The summed E-state index contributed by atoms with van der Waals surface area (Å²) < 4.78 is 0. The summed E-state index contributed by atoms with van der Waals surface area (Å²) in [4.78, 5) is 17.2. The molecule has 0 radical (unpaired) electrons. The van der Waals surface area contributed by atoms with Crippen molar-refractivity contribution >= 4 is 11.7 Å². The van der Waals surface area contributed by atoms with Crippen LogP contribution in [0.1, 0.15) is 24.2 Å². The molecule has 0 atom stereocenters. The van der Waals surface area contributed by atoms with Crippen molar-refractivity contribution < 1.29 is 9.90 Å². The number of aromatic nitrogens is 1. The average Bonchev–Trinajstić information content (AvgIpc) is 2.15. The number of carbonyl (C=O) groups excluding carboxylic acids is 1. The molecule has 1 aromatic heterocycles. The number of hydrogen-bond acceptors (Lipinski definition) is 4. The molecule has 0 unspecified atom stereocenters. The van der Waals surface area contributed by atoms with Gasteiger partial charge >= 0.3 is 0 Å². The smallest absolute Gasteiger partial charge is 0.255 e. The van der Waals surface area contributed by atoms with Gasteiger partial charge in [0.1, 0.15) is 5.82 Å². The molecule has 1 amide bonds. The van der Waals surface area contributed by atoms with E-state index in [1.165, 1.54) is 11.1 Å².